The molecule has 1 aliphatic heterocycles. The van der Waals surface area contributed by atoms with E-state index in [1.165, 1.54) is 12.1 Å². The molecule has 2 N–H and O–H groups in total. The number of nitrogens with two attached hydrogens (primary N) is 1. The SMILES string of the molecule is N[C@@H](Cc1ccccc1)C(=O)N1C/C(=C\c2ccc([N+](=O)[O-])cc2)C(=O)/C(=C/c2ccc(Cl)c(Cl)c2)C1. The number of hydrogen-bond donors (Lipinski definition) is 1. The molecule has 1 amide bonds. The second-order valence-electron chi connectivity index (χ2n) is 8.68. The fraction of sp³-hybridized carbons (Fsp3) is 0.143. The van der Waals surface area contributed by atoms with Gasteiger partial charge in [-0.05, 0) is 59.5 Å². The van der Waals surface area contributed by atoms with Gasteiger partial charge in [-0.25, -0.2) is 0 Å². The van der Waals surface area contributed by atoms with Crippen molar-refractivity contribution in [2.45, 2.75) is 12.5 Å². The molecule has 7 nitrogen and oxygen atoms in total. The van der Waals surface area contributed by atoms with Crippen LogP contribution < -0.4 is 5.73 Å². The highest BCUT2D eigenvalue weighted by Crippen LogP contribution is 2.27. The van der Waals surface area contributed by atoms with Gasteiger partial charge < -0.3 is 10.6 Å². The lowest BCUT2D eigenvalue weighted by atomic mass is 9.93. The number of benzene rings is 3. The highest BCUT2D eigenvalue weighted by atomic mass is 35.5. The lowest BCUT2D eigenvalue weighted by molar-refractivity contribution is -0.384. The molecular weight excluding hydrogens is 513 g/mol. The summed E-state index contributed by atoms with van der Waals surface area (Å²) in [5.41, 5.74) is 9.18. The molecule has 1 atom stereocenters. The first-order chi connectivity index (χ1) is 17.7. The third-order valence-electron chi connectivity index (χ3n) is 5.96. The minimum atomic E-state index is -0.789. The van der Waals surface area contributed by atoms with E-state index in [1.54, 1.807) is 47.4 Å². The number of nitro benzene ring substituents is 1. The molecule has 188 valence electrons. The zero-order valence-corrected chi connectivity index (χ0v) is 21.2. The second-order valence-corrected chi connectivity index (χ2v) is 9.50. The van der Waals surface area contributed by atoms with Crippen molar-refractivity contribution in [2.75, 3.05) is 13.1 Å². The Kier molecular flexibility index (Phi) is 8.18. The highest BCUT2D eigenvalue weighted by Gasteiger charge is 2.31. The molecule has 1 heterocycles. The maximum atomic E-state index is 13.4. The molecule has 0 bridgehead atoms. The van der Waals surface area contributed by atoms with Crippen LogP contribution in [0.5, 0.6) is 0 Å². The average molecular weight is 536 g/mol. The van der Waals surface area contributed by atoms with Crippen molar-refractivity contribution in [2.24, 2.45) is 5.73 Å². The summed E-state index contributed by atoms with van der Waals surface area (Å²) < 4.78 is 0. The zero-order chi connectivity index (χ0) is 26.5. The van der Waals surface area contributed by atoms with Crippen molar-refractivity contribution in [1.82, 2.24) is 4.90 Å². The summed E-state index contributed by atoms with van der Waals surface area (Å²) in [6.45, 7) is 0.147. The Morgan fingerprint density at radius 2 is 1.54 bits per heavy atom. The Balaban J connectivity index is 1.66. The van der Waals surface area contributed by atoms with Gasteiger partial charge in [0.1, 0.15) is 0 Å². The van der Waals surface area contributed by atoms with Crippen LogP contribution in [0.25, 0.3) is 12.2 Å². The third kappa shape index (κ3) is 6.51. The first-order valence-corrected chi connectivity index (χ1v) is 12.2. The van der Waals surface area contributed by atoms with Gasteiger partial charge in [0.05, 0.1) is 21.0 Å². The summed E-state index contributed by atoms with van der Waals surface area (Å²) in [6.07, 6.45) is 3.67. The number of piperidine rings is 1. The number of non-ortho nitro benzene ring substituents is 1. The number of nitrogens with zero attached hydrogens (tertiary/aromatic N) is 2. The molecular formula is C28H23Cl2N3O4. The standard InChI is InChI=1S/C28H23Cl2N3O4/c29-24-11-8-20(14-25(24)30)13-22-17-32(28(35)26(31)15-18-4-2-1-3-5-18)16-21(27(22)34)12-19-6-9-23(10-7-19)33(36)37/h1-14,26H,15-17,31H2/b21-12+,22-13+/t26-/m0/s1. The van der Waals surface area contributed by atoms with E-state index in [0.717, 1.165) is 5.56 Å². The summed E-state index contributed by atoms with van der Waals surface area (Å²) in [6, 6.07) is 19.5. The monoisotopic (exact) mass is 535 g/mol. The summed E-state index contributed by atoms with van der Waals surface area (Å²) in [4.78, 5) is 38.8. The molecule has 4 rings (SSSR count). The first-order valence-electron chi connectivity index (χ1n) is 11.4. The summed E-state index contributed by atoms with van der Waals surface area (Å²) in [5.74, 6) is -0.518. The summed E-state index contributed by atoms with van der Waals surface area (Å²) in [5, 5.41) is 11.7. The van der Waals surface area contributed by atoms with Gasteiger partial charge in [-0.3, -0.25) is 19.7 Å². The molecule has 1 saturated heterocycles. The molecule has 0 aliphatic carbocycles. The molecule has 0 spiro atoms. The number of halogens is 2. The molecule has 3 aromatic carbocycles. The Morgan fingerprint density at radius 3 is 2.14 bits per heavy atom. The van der Waals surface area contributed by atoms with E-state index in [1.807, 2.05) is 30.3 Å². The highest BCUT2D eigenvalue weighted by molar-refractivity contribution is 6.42. The quantitative estimate of drug-likeness (QED) is 0.260. The topological polar surface area (TPSA) is 107 Å². The predicted molar refractivity (Wildman–Crippen MR) is 145 cm³/mol. The van der Waals surface area contributed by atoms with Gasteiger partial charge in [0, 0.05) is 36.4 Å². The molecule has 9 heteroatoms. The van der Waals surface area contributed by atoms with Gasteiger partial charge in [0.25, 0.3) is 5.69 Å². The van der Waals surface area contributed by atoms with Crippen LogP contribution in [0.3, 0.4) is 0 Å². The van der Waals surface area contributed by atoms with E-state index >= 15 is 0 Å². The molecule has 0 aromatic heterocycles. The van der Waals surface area contributed by atoms with E-state index < -0.39 is 11.0 Å². The molecule has 1 fully saturated rings. The number of nitro groups is 1. The van der Waals surface area contributed by atoms with E-state index in [9.17, 15) is 19.7 Å². The molecule has 37 heavy (non-hydrogen) atoms. The van der Waals surface area contributed by atoms with Gasteiger partial charge in [0.15, 0.2) is 5.78 Å². The lowest BCUT2D eigenvalue weighted by Crippen LogP contribution is -2.49. The number of rotatable bonds is 6. The van der Waals surface area contributed by atoms with E-state index in [4.69, 9.17) is 28.9 Å². The molecule has 0 saturated carbocycles. The fourth-order valence-electron chi connectivity index (χ4n) is 4.08. The molecule has 0 radical (unpaired) electrons. The Hall–Kier alpha value is -3.78. The van der Waals surface area contributed by atoms with Gasteiger partial charge in [-0.2, -0.15) is 0 Å². The van der Waals surface area contributed by atoms with Crippen molar-refractivity contribution in [1.29, 1.82) is 0 Å². The second kappa shape index (κ2) is 11.5. The van der Waals surface area contributed by atoms with Gasteiger partial charge in [0.2, 0.25) is 5.91 Å². The molecule has 3 aromatic rings. The third-order valence-corrected chi connectivity index (χ3v) is 6.70. The van der Waals surface area contributed by atoms with Crippen molar-refractivity contribution in [3.63, 3.8) is 0 Å². The predicted octanol–water partition coefficient (Wildman–Crippen LogP) is 5.35. The number of hydrogen-bond acceptors (Lipinski definition) is 5. The number of Topliss-reactive ketones (excluding diaryl/α,β-unsaturated/α-hetero) is 1. The summed E-state index contributed by atoms with van der Waals surface area (Å²) in [7, 11) is 0. The van der Waals surface area contributed by atoms with Crippen molar-refractivity contribution >= 4 is 52.7 Å². The fourth-order valence-corrected chi connectivity index (χ4v) is 4.39. The smallest absolute Gasteiger partial charge is 0.269 e. The zero-order valence-electron chi connectivity index (χ0n) is 19.6. The van der Waals surface area contributed by atoms with Crippen LogP contribution in [-0.2, 0) is 16.0 Å². The minimum absolute atomic E-state index is 0.0546. The molecule has 0 unspecified atom stereocenters. The van der Waals surface area contributed by atoms with Crippen LogP contribution in [0.1, 0.15) is 16.7 Å². The van der Waals surface area contributed by atoms with Gasteiger partial charge >= 0.3 is 0 Å². The largest absolute Gasteiger partial charge is 0.332 e. The number of carbonyl (C=O) groups is 2. The van der Waals surface area contributed by atoms with Gasteiger partial charge in [-0.1, -0.05) is 59.6 Å². The minimum Gasteiger partial charge on any atom is -0.332 e. The number of amides is 1. The lowest BCUT2D eigenvalue weighted by Gasteiger charge is -2.32. The van der Waals surface area contributed by atoms with Crippen molar-refractivity contribution in [3.8, 4) is 0 Å². The Bertz CT molecular complexity index is 1400. The summed E-state index contributed by atoms with van der Waals surface area (Å²) >= 11 is 12.2. The normalized spacial score (nSPS) is 16.7. The Morgan fingerprint density at radius 1 is 0.946 bits per heavy atom. The van der Waals surface area contributed by atoms with Crippen LogP contribution >= 0.6 is 23.2 Å². The Labute approximate surface area is 223 Å². The van der Waals surface area contributed by atoms with Crippen molar-refractivity contribution in [3.05, 3.63) is 121 Å². The van der Waals surface area contributed by atoms with Crippen LogP contribution in [0.4, 0.5) is 5.69 Å². The van der Waals surface area contributed by atoms with Crippen LogP contribution in [0.2, 0.25) is 10.0 Å². The van der Waals surface area contributed by atoms with Crippen LogP contribution in [0.15, 0.2) is 83.9 Å². The maximum absolute atomic E-state index is 13.4. The van der Waals surface area contributed by atoms with Crippen molar-refractivity contribution < 1.29 is 14.5 Å². The molecule has 1 aliphatic rings. The number of ketones is 1. The van der Waals surface area contributed by atoms with Crippen LogP contribution in [-0.4, -0.2) is 40.6 Å². The van der Waals surface area contributed by atoms with Crippen LogP contribution in [0, 0.1) is 10.1 Å². The van der Waals surface area contributed by atoms with E-state index in [2.05, 4.69) is 0 Å². The van der Waals surface area contributed by atoms with E-state index in [-0.39, 0.29) is 30.5 Å². The van der Waals surface area contributed by atoms with Gasteiger partial charge in [-0.15, -0.1) is 0 Å². The number of carbonyl (C=O) groups excluding carboxylic acids is 2. The average Bonchev–Trinajstić information content (AvgIpc) is 2.89. The number of likely N-dealkylation sites (tertiary alicyclic amines) is 1. The van der Waals surface area contributed by atoms with E-state index in [0.29, 0.717) is 38.7 Å². The first kappa shape index (κ1) is 26.3. The maximum Gasteiger partial charge on any atom is 0.269 e.